The molecule has 1 unspecified atom stereocenters. The maximum Gasteiger partial charge on any atom is 0.416 e. The lowest BCUT2D eigenvalue weighted by Gasteiger charge is -2.16. The zero-order chi connectivity index (χ0) is 18.8. The van der Waals surface area contributed by atoms with Crippen LogP contribution in [0.15, 0.2) is 53.4 Å². The fourth-order valence-electron chi connectivity index (χ4n) is 2.18. The van der Waals surface area contributed by atoms with Crippen LogP contribution in [-0.2, 0) is 16.2 Å². The smallest absolute Gasteiger partial charge is 0.258 e. The Labute approximate surface area is 141 Å². The van der Waals surface area contributed by atoms with Gasteiger partial charge in [0.1, 0.15) is 0 Å². The molecule has 2 rings (SSSR count). The van der Waals surface area contributed by atoms with Gasteiger partial charge < -0.3 is 0 Å². The minimum atomic E-state index is -4.56. The highest BCUT2D eigenvalue weighted by molar-refractivity contribution is 7.89. The van der Waals surface area contributed by atoms with Crippen LogP contribution in [0.2, 0.25) is 0 Å². The highest BCUT2D eigenvalue weighted by Gasteiger charge is 2.31. The molecule has 0 heterocycles. The van der Waals surface area contributed by atoms with Gasteiger partial charge in [-0.15, -0.1) is 0 Å². The first-order valence-corrected chi connectivity index (χ1v) is 8.43. The number of halogens is 3. The average molecular weight is 374 g/mol. The monoisotopic (exact) mass is 374 g/mol. The summed E-state index contributed by atoms with van der Waals surface area (Å²) in [6.45, 7) is 1.35. The number of rotatable bonds is 5. The van der Waals surface area contributed by atoms with Crippen LogP contribution in [0.5, 0.6) is 0 Å². The standard InChI is InChI=1S/C15H13F3N2O4S/c1-10(11-5-4-6-12(9-11)15(16,17)18)19-25(23,24)14-8-3-2-7-13(14)20(21)22/h2-10,19H,1H3. The van der Waals surface area contributed by atoms with Crippen LogP contribution in [-0.4, -0.2) is 13.3 Å². The Morgan fingerprint density at radius 3 is 2.36 bits per heavy atom. The molecule has 1 N–H and O–H groups in total. The number of nitro benzene ring substituents is 1. The fourth-order valence-corrected chi connectivity index (χ4v) is 3.59. The van der Waals surface area contributed by atoms with Crippen molar-refractivity contribution >= 4 is 15.7 Å². The van der Waals surface area contributed by atoms with Crippen molar-refractivity contribution in [3.63, 3.8) is 0 Å². The molecule has 6 nitrogen and oxygen atoms in total. The van der Waals surface area contributed by atoms with Crippen molar-refractivity contribution in [2.24, 2.45) is 0 Å². The van der Waals surface area contributed by atoms with Gasteiger partial charge in [-0.3, -0.25) is 10.1 Å². The Hall–Kier alpha value is -2.46. The van der Waals surface area contributed by atoms with Gasteiger partial charge in [0, 0.05) is 12.1 Å². The van der Waals surface area contributed by atoms with Crippen LogP contribution in [0.25, 0.3) is 0 Å². The van der Waals surface area contributed by atoms with E-state index in [9.17, 15) is 31.7 Å². The topological polar surface area (TPSA) is 89.3 Å². The second-order valence-corrected chi connectivity index (χ2v) is 6.87. The quantitative estimate of drug-likeness (QED) is 0.639. The van der Waals surface area contributed by atoms with Gasteiger partial charge in [-0.25, -0.2) is 13.1 Å². The Bertz CT molecular complexity index is 898. The van der Waals surface area contributed by atoms with Gasteiger partial charge in [-0.1, -0.05) is 24.3 Å². The van der Waals surface area contributed by atoms with E-state index >= 15 is 0 Å². The maximum absolute atomic E-state index is 12.8. The zero-order valence-electron chi connectivity index (χ0n) is 12.8. The van der Waals surface area contributed by atoms with Gasteiger partial charge in [0.2, 0.25) is 10.0 Å². The maximum atomic E-state index is 12.8. The SMILES string of the molecule is CC(NS(=O)(=O)c1ccccc1[N+](=O)[O-])c1cccc(C(F)(F)F)c1. The summed E-state index contributed by atoms with van der Waals surface area (Å²) in [7, 11) is -4.30. The highest BCUT2D eigenvalue weighted by atomic mass is 32.2. The van der Waals surface area contributed by atoms with E-state index in [-0.39, 0.29) is 5.56 Å². The van der Waals surface area contributed by atoms with Crippen LogP contribution in [0.3, 0.4) is 0 Å². The van der Waals surface area contributed by atoms with Crippen molar-refractivity contribution in [3.05, 3.63) is 69.8 Å². The predicted octanol–water partition coefficient (Wildman–Crippen LogP) is 3.65. The summed E-state index contributed by atoms with van der Waals surface area (Å²) < 4.78 is 65.2. The van der Waals surface area contributed by atoms with Gasteiger partial charge in [0.15, 0.2) is 4.90 Å². The predicted molar refractivity (Wildman–Crippen MR) is 83.3 cm³/mol. The van der Waals surface area contributed by atoms with E-state index in [1.54, 1.807) is 0 Å². The fraction of sp³-hybridized carbons (Fsp3) is 0.200. The molecule has 0 spiro atoms. The number of alkyl halides is 3. The van der Waals surface area contributed by atoms with E-state index in [2.05, 4.69) is 4.72 Å². The Morgan fingerprint density at radius 1 is 1.12 bits per heavy atom. The first-order valence-electron chi connectivity index (χ1n) is 6.95. The number of nitrogens with zero attached hydrogens (tertiary/aromatic N) is 1. The van der Waals surface area contributed by atoms with Crippen LogP contribution in [0.4, 0.5) is 18.9 Å². The lowest BCUT2D eigenvalue weighted by Crippen LogP contribution is -2.27. The van der Waals surface area contributed by atoms with Crippen LogP contribution < -0.4 is 4.72 Å². The summed E-state index contributed by atoms with van der Waals surface area (Å²) >= 11 is 0. The number of benzene rings is 2. The molecule has 2 aromatic carbocycles. The average Bonchev–Trinajstić information content (AvgIpc) is 2.53. The zero-order valence-corrected chi connectivity index (χ0v) is 13.6. The van der Waals surface area contributed by atoms with Crippen molar-refractivity contribution in [2.75, 3.05) is 0 Å². The molecule has 0 amide bonds. The summed E-state index contributed by atoms with van der Waals surface area (Å²) in [5.74, 6) is 0. The van der Waals surface area contributed by atoms with E-state index in [1.807, 2.05) is 0 Å². The van der Waals surface area contributed by atoms with Crippen molar-refractivity contribution < 1.29 is 26.5 Å². The Balaban J connectivity index is 2.35. The van der Waals surface area contributed by atoms with E-state index in [1.165, 1.54) is 25.1 Å². The first kappa shape index (κ1) is 18.9. The molecule has 0 bridgehead atoms. The van der Waals surface area contributed by atoms with E-state index in [4.69, 9.17) is 0 Å². The normalized spacial score (nSPS) is 13.4. The molecule has 10 heteroatoms. The summed E-state index contributed by atoms with van der Waals surface area (Å²) in [5.41, 5.74) is -1.45. The Morgan fingerprint density at radius 2 is 1.76 bits per heavy atom. The molecule has 0 aliphatic rings. The molecule has 0 aliphatic carbocycles. The molecule has 25 heavy (non-hydrogen) atoms. The minimum Gasteiger partial charge on any atom is -0.258 e. The summed E-state index contributed by atoms with van der Waals surface area (Å²) in [6, 6.07) is 7.88. The number of hydrogen-bond donors (Lipinski definition) is 1. The molecule has 0 saturated carbocycles. The van der Waals surface area contributed by atoms with Gasteiger partial charge in [-0.2, -0.15) is 13.2 Å². The molecular formula is C15H13F3N2O4S. The molecule has 0 aromatic heterocycles. The molecule has 1 atom stereocenters. The summed E-state index contributed by atoms with van der Waals surface area (Å²) in [4.78, 5) is 9.57. The van der Waals surface area contributed by atoms with Crippen molar-refractivity contribution in [1.82, 2.24) is 4.72 Å². The number of sulfonamides is 1. The molecule has 0 fully saturated rings. The molecular weight excluding hydrogens is 361 g/mol. The van der Waals surface area contributed by atoms with E-state index < -0.39 is 43.3 Å². The lowest BCUT2D eigenvalue weighted by molar-refractivity contribution is -0.387. The van der Waals surface area contributed by atoms with Crippen LogP contribution in [0.1, 0.15) is 24.1 Å². The lowest BCUT2D eigenvalue weighted by atomic mass is 10.1. The first-order chi connectivity index (χ1) is 11.5. The van der Waals surface area contributed by atoms with Crippen molar-refractivity contribution in [3.8, 4) is 0 Å². The number of nitrogens with one attached hydrogen (secondary N) is 1. The van der Waals surface area contributed by atoms with Crippen molar-refractivity contribution in [2.45, 2.75) is 24.0 Å². The van der Waals surface area contributed by atoms with Crippen molar-refractivity contribution in [1.29, 1.82) is 0 Å². The third-order valence-corrected chi connectivity index (χ3v) is 4.99. The van der Waals surface area contributed by atoms with Gasteiger partial charge in [-0.05, 0) is 30.7 Å². The number of para-hydroxylation sites is 1. The minimum absolute atomic E-state index is 0.0805. The van der Waals surface area contributed by atoms with Crippen LogP contribution in [0, 0.1) is 10.1 Å². The highest BCUT2D eigenvalue weighted by Crippen LogP contribution is 2.31. The number of hydrogen-bond acceptors (Lipinski definition) is 4. The second kappa shape index (κ2) is 6.81. The number of nitro groups is 1. The van der Waals surface area contributed by atoms with E-state index in [0.29, 0.717) is 0 Å². The van der Waals surface area contributed by atoms with E-state index in [0.717, 1.165) is 30.3 Å². The Kier molecular flexibility index (Phi) is 5.14. The molecule has 0 saturated heterocycles. The third kappa shape index (κ3) is 4.34. The van der Waals surface area contributed by atoms with Gasteiger partial charge in [0.25, 0.3) is 5.69 Å². The molecule has 0 radical (unpaired) electrons. The second-order valence-electron chi connectivity index (χ2n) is 5.19. The van der Waals surface area contributed by atoms with Gasteiger partial charge >= 0.3 is 6.18 Å². The van der Waals surface area contributed by atoms with Gasteiger partial charge in [0.05, 0.1) is 10.5 Å². The molecule has 2 aromatic rings. The third-order valence-electron chi connectivity index (χ3n) is 3.40. The van der Waals surface area contributed by atoms with Crippen LogP contribution >= 0.6 is 0 Å². The largest absolute Gasteiger partial charge is 0.416 e. The summed E-state index contributed by atoms with van der Waals surface area (Å²) in [5, 5.41) is 11.0. The molecule has 134 valence electrons. The summed E-state index contributed by atoms with van der Waals surface area (Å²) in [6.07, 6.45) is -4.56. The molecule has 0 aliphatic heterocycles.